The summed E-state index contributed by atoms with van der Waals surface area (Å²) in [6.45, 7) is 6.25. The van der Waals surface area contributed by atoms with E-state index in [-0.39, 0.29) is 11.9 Å². The molecule has 1 aromatic rings. The molecule has 1 amide bonds. The van der Waals surface area contributed by atoms with Crippen LogP contribution in [0.25, 0.3) is 0 Å². The van der Waals surface area contributed by atoms with Crippen molar-refractivity contribution in [1.82, 2.24) is 5.32 Å². The highest BCUT2D eigenvalue weighted by atomic mass is 16.5. The molecule has 4 nitrogen and oxygen atoms in total. The first kappa shape index (κ1) is 13.9. The number of hydrogen-bond acceptors (Lipinski definition) is 3. The molecule has 1 saturated heterocycles. The first-order valence-electron chi connectivity index (χ1n) is 6.94. The second kappa shape index (κ2) is 6.57. The molecule has 0 spiro atoms. The number of rotatable bonds is 4. The van der Waals surface area contributed by atoms with Gasteiger partial charge in [0.1, 0.15) is 0 Å². The third-order valence-electron chi connectivity index (χ3n) is 3.28. The summed E-state index contributed by atoms with van der Waals surface area (Å²) in [6, 6.07) is 6.04. The minimum Gasteiger partial charge on any atom is -0.385 e. The maximum absolute atomic E-state index is 12.4. The Hall–Kier alpha value is -1.55. The zero-order valence-corrected chi connectivity index (χ0v) is 11.7. The fraction of sp³-hybridized carbons (Fsp3) is 0.533. The molecule has 1 unspecified atom stereocenters. The molecule has 4 heteroatoms. The minimum absolute atomic E-state index is 0.0184. The smallest absolute Gasteiger partial charge is 0.253 e. The number of benzene rings is 1. The van der Waals surface area contributed by atoms with Gasteiger partial charge in [0.05, 0.1) is 18.2 Å². The van der Waals surface area contributed by atoms with Crippen LogP contribution in [0.4, 0.5) is 5.69 Å². The third kappa shape index (κ3) is 3.70. The number of carbonyl (C=O) groups excluding carboxylic acids is 1. The van der Waals surface area contributed by atoms with Crippen molar-refractivity contribution in [2.75, 3.05) is 25.1 Å². The number of carbonyl (C=O) groups is 1. The Labute approximate surface area is 114 Å². The van der Waals surface area contributed by atoms with E-state index in [0.717, 1.165) is 37.2 Å². The van der Waals surface area contributed by atoms with Crippen LogP contribution < -0.4 is 10.6 Å². The van der Waals surface area contributed by atoms with Crippen molar-refractivity contribution in [2.24, 2.45) is 0 Å². The number of ether oxygens (including phenoxy) is 1. The summed E-state index contributed by atoms with van der Waals surface area (Å²) in [6.07, 6.45) is 2.01. The van der Waals surface area contributed by atoms with Gasteiger partial charge in [-0.1, -0.05) is 11.6 Å². The Morgan fingerprint density at radius 1 is 1.47 bits per heavy atom. The Bertz CT molecular complexity index is 440. The maximum Gasteiger partial charge on any atom is 0.253 e. The van der Waals surface area contributed by atoms with Gasteiger partial charge >= 0.3 is 0 Å². The molecule has 0 aliphatic carbocycles. The Morgan fingerprint density at radius 3 is 3.00 bits per heavy atom. The topological polar surface area (TPSA) is 50.4 Å². The third-order valence-corrected chi connectivity index (χ3v) is 3.28. The average molecular weight is 262 g/mol. The van der Waals surface area contributed by atoms with Gasteiger partial charge in [0.2, 0.25) is 0 Å². The SMILES string of the molecule is CCNc1ccc(C)cc1C(=O)NC1CCCOC1. The summed E-state index contributed by atoms with van der Waals surface area (Å²) in [5.74, 6) is -0.0184. The molecule has 2 N–H and O–H groups in total. The summed E-state index contributed by atoms with van der Waals surface area (Å²) < 4.78 is 5.39. The second-order valence-corrected chi connectivity index (χ2v) is 4.97. The molecule has 0 saturated carbocycles. The highest BCUT2D eigenvalue weighted by molar-refractivity contribution is 6.00. The standard InChI is InChI=1S/C15H22N2O2/c1-3-16-14-7-6-11(2)9-13(14)15(18)17-12-5-4-8-19-10-12/h6-7,9,12,16H,3-5,8,10H2,1-2H3,(H,17,18). The zero-order valence-electron chi connectivity index (χ0n) is 11.7. The van der Waals surface area contributed by atoms with Gasteiger partial charge in [0, 0.05) is 18.8 Å². The van der Waals surface area contributed by atoms with Gasteiger partial charge in [-0.25, -0.2) is 0 Å². The van der Waals surface area contributed by atoms with Gasteiger partial charge in [-0.2, -0.15) is 0 Å². The average Bonchev–Trinajstić information content (AvgIpc) is 2.42. The van der Waals surface area contributed by atoms with Crippen LogP contribution in [0, 0.1) is 6.92 Å². The van der Waals surface area contributed by atoms with Crippen LogP contribution >= 0.6 is 0 Å². The molecule has 1 fully saturated rings. The number of aryl methyl sites for hydroxylation is 1. The quantitative estimate of drug-likeness (QED) is 0.875. The van der Waals surface area contributed by atoms with Crippen LogP contribution in [0.5, 0.6) is 0 Å². The molecule has 1 heterocycles. The van der Waals surface area contributed by atoms with E-state index in [2.05, 4.69) is 10.6 Å². The number of anilines is 1. The van der Waals surface area contributed by atoms with Crippen molar-refractivity contribution in [3.8, 4) is 0 Å². The van der Waals surface area contributed by atoms with E-state index >= 15 is 0 Å². The van der Waals surface area contributed by atoms with E-state index in [0.29, 0.717) is 12.2 Å². The lowest BCUT2D eigenvalue weighted by atomic mass is 10.1. The monoisotopic (exact) mass is 262 g/mol. The van der Waals surface area contributed by atoms with Gasteiger partial charge in [-0.3, -0.25) is 4.79 Å². The molecule has 104 valence electrons. The predicted molar refractivity (Wildman–Crippen MR) is 76.6 cm³/mol. The molecule has 1 atom stereocenters. The summed E-state index contributed by atoms with van der Waals surface area (Å²) in [7, 11) is 0. The first-order chi connectivity index (χ1) is 9.20. The summed E-state index contributed by atoms with van der Waals surface area (Å²) in [5, 5.41) is 6.29. The lowest BCUT2D eigenvalue weighted by molar-refractivity contribution is 0.0624. The maximum atomic E-state index is 12.4. The molecule has 0 radical (unpaired) electrons. The van der Waals surface area contributed by atoms with Gasteiger partial charge in [-0.05, 0) is 38.8 Å². The van der Waals surface area contributed by atoms with Crippen LogP contribution in [-0.2, 0) is 4.74 Å². The largest absolute Gasteiger partial charge is 0.385 e. The molecule has 2 rings (SSSR count). The predicted octanol–water partition coefficient (Wildman–Crippen LogP) is 2.34. The van der Waals surface area contributed by atoms with E-state index in [1.54, 1.807) is 0 Å². The molecular formula is C15H22N2O2. The van der Waals surface area contributed by atoms with Gasteiger partial charge in [0.15, 0.2) is 0 Å². The molecule has 0 aromatic heterocycles. The number of nitrogens with one attached hydrogen (secondary N) is 2. The molecule has 1 aliphatic rings. The summed E-state index contributed by atoms with van der Waals surface area (Å²) in [4.78, 5) is 12.4. The molecule has 1 aliphatic heterocycles. The fourth-order valence-corrected chi connectivity index (χ4v) is 2.31. The van der Waals surface area contributed by atoms with E-state index in [9.17, 15) is 4.79 Å². The molecule has 19 heavy (non-hydrogen) atoms. The van der Waals surface area contributed by atoms with E-state index in [1.165, 1.54) is 0 Å². The van der Waals surface area contributed by atoms with Crippen molar-refractivity contribution in [3.05, 3.63) is 29.3 Å². The van der Waals surface area contributed by atoms with Crippen molar-refractivity contribution in [1.29, 1.82) is 0 Å². The Morgan fingerprint density at radius 2 is 2.32 bits per heavy atom. The second-order valence-electron chi connectivity index (χ2n) is 4.97. The van der Waals surface area contributed by atoms with Crippen molar-refractivity contribution >= 4 is 11.6 Å². The van der Waals surface area contributed by atoms with Crippen molar-refractivity contribution in [3.63, 3.8) is 0 Å². The van der Waals surface area contributed by atoms with Crippen LogP contribution in [0.2, 0.25) is 0 Å². The van der Waals surface area contributed by atoms with Gasteiger partial charge < -0.3 is 15.4 Å². The number of hydrogen-bond donors (Lipinski definition) is 2. The summed E-state index contributed by atoms with van der Waals surface area (Å²) in [5.41, 5.74) is 2.70. The fourth-order valence-electron chi connectivity index (χ4n) is 2.31. The zero-order chi connectivity index (χ0) is 13.7. The lowest BCUT2D eigenvalue weighted by Gasteiger charge is -2.23. The van der Waals surface area contributed by atoms with Crippen molar-refractivity contribution in [2.45, 2.75) is 32.7 Å². The van der Waals surface area contributed by atoms with E-state index in [4.69, 9.17) is 4.74 Å². The Kier molecular flexibility index (Phi) is 4.80. The molecular weight excluding hydrogens is 240 g/mol. The van der Waals surface area contributed by atoms with Crippen LogP contribution in [0.15, 0.2) is 18.2 Å². The lowest BCUT2D eigenvalue weighted by Crippen LogP contribution is -2.40. The molecule has 0 bridgehead atoms. The summed E-state index contributed by atoms with van der Waals surface area (Å²) >= 11 is 0. The highest BCUT2D eigenvalue weighted by Gasteiger charge is 2.18. The van der Waals surface area contributed by atoms with Crippen molar-refractivity contribution < 1.29 is 9.53 Å². The first-order valence-corrected chi connectivity index (χ1v) is 6.94. The highest BCUT2D eigenvalue weighted by Crippen LogP contribution is 2.18. The van der Waals surface area contributed by atoms with Crippen LogP contribution in [0.3, 0.4) is 0 Å². The van der Waals surface area contributed by atoms with Crippen LogP contribution in [0.1, 0.15) is 35.7 Å². The van der Waals surface area contributed by atoms with E-state index < -0.39 is 0 Å². The minimum atomic E-state index is -0.0184. The normalized spacial score (nSPS) is 18.9. The van der Waals surface area contributed by atoms with Crippen LogP contribution in [-0.4, -0.2) is 31.7 Å². The van der Waals surface area contributed by atoms with E-state index in [1.807, 2.05) is 32.0 Å². The van der Waals surface area contributed by atoms with Gasteiger partial charge in [-0.15, -0.1) is 0 Å². The molecule has 1 aromatic carbocycles. The number of amides is 1. The Balaban J connectivity index is 2.10. The van der Waals surface area contributed by atoms with Gasteiger partial charge in [0.25, 0.3) is 5.91 Å².